The van der Waals surface area contributed by atoms with Crippen LogP contribution in [0.2, 0.25) is 10.0 Å². The molecule has 7 amide bonds. The molecular weight excluding hydrogens is 1400 g/mol. The third kappa shape index (κ3) is 17.7. The molecule has 0 spiro atoms. The van der Waals surface area contributed by atoms with Gasteiger partial charge in [-0.2, -0.15) is 0 Å². The summed E-state index contributed by atoms with van der Waals surface area (Å²) in [6.45, 7) is 6.33. The van der Waals surface area contributed by atoms with Crippen LogP contribution in [0.3, 0.4) is 0 Å². The molecule has 556 valence electrons. The first-order chi connectivity index (χ1) is 48.4. The second-order valence-corrected chi connectivity index (χ2v) is 27.2. The number of aliphatic hydroxyl groups excluding tert-OH is 6. The van der Waals surface area contributed by atoms with Crippen molar-refractivity contribution in [2.45, 2.75) is 157 Å². The fraction of sp³-hybridized carbons (Fsp3) is 0.441. The molecule has 0 aliphatic carbocycles. The highest BCUT2D eigenvalue weighted by Gasteiger charge is 2.51. The summed E-state index contributed by atoms with van der Waals surface area (Å²) in [5, 5.41) is 127. The van der Waals surface area contributed by atoms with E-state index in [9.17, 15) is 89.4 Å². The SMILES string of the molecule is Cc1cc2c(OC3OC(CO)C(O)C(O)C3OC3CC(C)(N)C(O)C(C)O3)c(c1)Oc1ccc(cc1Cl)[C@@H](O)[C@@H](NC(=O)[C@@H](CC(C)C)N(C)C)C(=O)N[C@@H](CC(N)=O)C(=O)NCC(=O)N[C@H]1C(=O)N[C@H](C(=O)N[C@H](C(=O)O)c3cc(O)cc(O)c3-c3cc1ccc3O)[C@H](O)c1ccc(c(Cl)c1)O2. The zero-order chi connectivity index (χ0) is 75.5. The van der Waals surface area contributed by atoms with Gasteiger partial charge in [-0.3, -0.25) is 38.5 Å². The van der Waals surface area contributed by atoms with Crippen LogP contribution in [-0.2, 0) is 52.6 Å². The van der Waals surface area contributed by atoms with Gasteiger partial charge in [0.25, 0.3) is 0 Å². The smallest absolute Gasteiger partial charge is 0.330 e. The minimum Gasteiger partial charge on any atom is -0.508 e. The van der Waals surface area contributed by atoms with E-state index in [1.165, 1.54) is 44.2 Å². The number of aryl methyl sites for hydroxylation is 1. The molecule has 2 saturated heterocycles. The van der Waals surface area contributed by atoms with Crippen LogP contribution in [0.4, 0.5) is 0 Å². The summed E-state index contributed by atoms with van der Waals surface area (Å²) in [6, 6.07) is 3.09. The number of nitrogens with one attached hydrogen (secondary N) is 6. The Morgan fingerprint density at radius 3 is 1.95 bits per heavy atom. The number of phenolic OH excluding ortho intramolecular Hbond substituents is 3. The molecule has 6 aliphatic heterocycles. The number of primary amides is 1. The number of halogens is 2. The van der Waals surface area contributed by atoms with Gasteiger partial charge in [-0.05, 0) is 124 Å². The zero-order valence-electron chi connectivity index (χ0n) is 56.4. The number of nitrogens with zero attached hydrogens (tertiary/aromatic N) is 1. The highest BCUT2D eigenvalue weighted by molar-refractivity contribution is 6.32. The third-order valence-electron chi connectivity index (χ3n) is 17.7. The fourth-order valence-electron chi connectivity index (χ4n) is 12.3. The van der Waals surface area contributed by atoms with Gasteiger partial charge in [0.1, 0.15) is 83.4 Å². The predicted molar refractivity (Wildman–Crippen MR) is 361 cm³/mol. The van der Waals surface area contributed by atoms with Crippen molar-refractivity contribution >= 4 is 70.5 Å². The second-order valence-electron chi connectivity index (χ2n) is 26.4. The minimum atomic E-state index is -2.30. The number of ether oxygens (including phenoxy) is 6. The molecule has 103 heavy (non-hydrogen) atoms. The number of aromatic hydroxyl groups is 3. The number of hydrogen-bond acceptors (Lipinski definition) is 25. The van der Waals surface area contributed by atoms with E-state index < -0.39 is 210 Å². The monoisotopic (exact) mass is 1480 g/mol. The lowest BCUT2D eigenvalue weighted by Gasteiger charge is -2.47. The van der Waals surface area contributed by atoms with Crippen LogP contribution in [0, 0.1) is 12.8 Å². The van der Waals surface area contributed by atoms with Crippen molar-refractivity contribution in [1.82, 2.24) is 36.8 Å². The van der Waals surface area contributed by atoms with E-state index in [0.29, 0.717) is 5.56 Å². The molecule has 5 aromatic carbocycles. The molecule has 0 radical (unpaired) electrons. The fourth-order valence-corrected chi connectivity index (χ4v) is 12.8. The largest absolute Gasteiger partial charge is 0.508 e. The topological polar surface area (TPSA) is 522 Å². The van der Waals surface area contributed by atoms with Gasteiger partial charge in [-0.15, -0.1) is 0 Å². The first-order valence-electron chi connectivity index (χ1n) is 32.3. The standard InChI is InChI=1S/C68H81Cl2N9O24/c1-26(2)14-38(79(6)7)62(92)77-52-54(86)30-9-12-41(35(69)18-30)99-43-15-27(3)16-44(58(43)103-67-59(57(89)56(88)45(25-80)101-67)102-48-23-68(5,72)60(90)28(4)98-48)100-42-13-10-31(19-36(42)70)55(87)53-65(95)76-51(66(96)97)34-20-32(81)21-40(83)49(34)33-17-29(8-11-39(33)82)50(63(93)78-53)75-47(85)24-73-61(91)37(22-46(71)84)74-64(52)94/h8-13,15-21,26,28,37-38,45,48,50-57,59-60,67,80-83,86-90H,14,22-25,72H2,1-7H3,(H2,71,84)(H,73,91)(H,74,94)(H,75,85)(H,76,95)(H,77,92)(H,78,93)(H,96,97)/t28?,37-,38+,45?,48?,50+,51-,52+,53-,54+,55+,56?,57?,59?,60?,67?,68?/m0/s1. The van der Waals surface area contributed by atoms with Crippen LogP contribution in [-0.4, -0.2) is 209 Å². The number of nitrogens with two attached hydrogens (primary N) is 2. The van der Waals surface area contributed by atoms with Gasteiger partial charge in [0.05, 0.1) is 47.9 Å². The number of fused-ring (bicyclic) bond motifs is 6. The number of rotatable bonds is 13. The number of aliphatic carboxylic acids is 1. The van der Waals surface area contributed by atoms with Crippen LogP contribution in [0.15, 0.2) is 78.9 Å². The Hall–Kier alpha value is -9.20. The molecule has 35 heteroatoms. The molecule has 17 atom stereocenters. The molecule has 6 aliphatic rings. The number of aliphatic hydroxyl groups is 6. The Morgan fingerprint density at radius 2 is 1.38 bits per heavy atom. The number of benzene rings is 5. The molecule has 6 heterocycles. The maximum atomic E-state index is 15.0. The summed E-state index contributed by atoms with van der Waals surface area (Å²) in [5.74, 6) is -14.2. The van der Waals surface area contributed by atoms with Crippen molar-refractivity contribution in [2.24, 2.45) is 17.4 Å². The number of carbonyl (C=O) groups excluding carboxylic acids is 7. The van der Waals surface area contributed by atoms with Crippen molar-refractivity contribution in [3.63, 3.8) is 0 Å². The van der Waals surface area contributed by atoms with Gasteiger partial charge in [0.15, 0.2) is 29.9 Å². The van der Waals surface area contributed by atoms with E-state index in [1.807, 2.05) is 13.8 Å². The minimum absolute atomic E-state index is 0.0954. The predicted octanol–water partition coefficient (Wildman–Crippen LogP) is 0.702. The van der Waals surface area contributed by atoms with Gasteiger partial charge < -0.3 is 123 Å². The first-order valence-corrected chi connectivity index (χ1v) is 33.1. The van der Waals surface area contributed by atoms with E-state index in [0.717, 1.165) is 48.5 Å². The lowest BCUT2D eigenvalue weighted by Crippen LogP contribution is -2.64. The van der Waals surface area contributed by atoms with E-state index in [1.54, 1.807) is 25.9 Å². The molecule has 2 fully saturated rings. The van der Waals surface area contributed by atoms with Crippen LogP contribution < -0.4 is 57.6 Å². The molecule has 0 aromatic heterocycles. The molecular formula is C68H81Cl2N9O24. The zero-order valence-corrected chi connectivity index (χ0v) is 57.9. The van der Waals surface area contributed by atoms with Crippen molar-refractivity contribution in [3.8, 4) is 57.1 Å². The molecule has 5 aromatic rings. The summed E-state index contributed by atoms with van der Waals surface area (Å²) >= 11 is 14.0. The number of carboxylic acid groups (broad SMARTS) is 1. The Bertz CT molecular complexity index is 4070. The Balaban J connectivity index is 1.22. The van der Waals surface area contributed by atoms with Crippen molar-refractivity contribution < 1.29 is 118 Å². The second kappa shape index (κ2) is 32.2. The number of likely N-dealkylation sites (N-methyl/N-ethyl adjacent to an activating group) is 1. The molecule has 0 saturated carbocycles. The highest BCUT2D eigenvalue weighted by Crippen LogP contribution is 2.49. The summed E-state index contributed by atoms with van der Waals surface area (Å²) in [7, 11) is 3.19. The lowest BCUT2D eigenvalue weighted by atomic mass is 9.86. The molecule has 11 rings (SSSR count). The highest BCUT2D eigenvalue weighted by atomic mass is 35.5. The van der Waals surface area contributed by atoms with Crippen LogP contribution in [0.1, 0.15) is 99.1 Å². The van der Waals surface area contributed by atoms with Gasteiger partial charge >= 0.3 is 5.97 Å². The number of carboxylic acids is 1. The van der Waals surface area contributed by atoms with Gasteiger partial charge in [-0.25, -0.2) is 4.79 Å². The Labute approximate surface area is 598 Å². The number of phenols is 3. The van der Waals surface area contributed by atoms with Gasteiger partial charge in [-0.1, -0.05) is 55.2 Å². The summed E-state index contributed by atoms with van der Waals surface area (Å²) in [5.41, 5.74) is 8.87. The molecule has 20 N–H and O–H groups in total. The van der Waals surface area contributed by atoms with Crippen LogP contribution in [0.5, 0.6) is 46.0 Å². The van der Waals surface area contributed by atoms with Crippen molar-refractivity contribution in [3.05, 3.63) is 117 Å². The molecule has 33 nitrogen and oxygen atoms in total. The number of carbonyl (C=O) groups is 8. The van der Waals surface area contributed by atoms with Crippen molar-refractivity contribution in [1.29, 1.82) is 0 Å². The van der Waals surface area contributed by atoms with E-state index in [-0.39, 0.29) is 68.5 Å². The van der Waals surface area contributed by atoms with Gasteiger partial charge in [0, 0.05) is 34.7 Å². The lowest BCUT2D eigenvalue weighted by molar-refractivity contribution is -0.333. The van der Waals surface area contributed by atoms with Gasteiger partial charge in [0.2, 0.25) is 53.4 Å². The van der Waals surface area contributed by atoms with Crippen LogP contribution in [0.25, 0.3) is 11.1 Å². The molecule has 10 bridgehead atoms. The average Bonchev–Trinajstić information content (AvgIpc) is 0.811. The van der Waals surface area contributed by atoms with E-state index in [2.05, 4.69) is 31.9 Å². The first kappa shape index (κ1) is 77.9. The Morgan fingerprint density at radius 1 is 0.757 bits per heavy atom. The van der Waals surface area contributed by atoms with E-state index >= 15 is 0 Å². The van der Waals surface area contributed by atoms with Crippen LogP contribution >= 0.6 is 23.2 Å². The summed E-state index contributed by atoms with van der Waals surface area (Å²) in [4.78, 5) is 115. The number of amides is 7. The summed E-state index contributed by atoms with van der Waals surface area (Å²) in [6.07, 6.45) is -17.6. The number of hydrogen-bond donors (Lipinski definition) is 18. The maximum Gasteiger partial charge on any atom is 0.330 e. The Kier molecular flexibility index (Phi) is 24.4. The van der Waals surface area contributed by atoms with E-state index in [4.69, 9.17) is 63.1 Å². The normalized spacial score (nSPS) is 28.3. The van der Waals surface area contributed by atoms with Crippen molar-refractivity contribution in [2.75, 3.05) is 27.2 Å². The third-order valence-corrected chi connectivity index (χ3v) is 18.3. The maximum absolute atomic E-state index is 15.0. The average molecular weight is 1480 g/mol. The summed E-state index contributed by atoms with van der Waals surface area (Å²) < 4.78 is 37.9. The molecule has 9 unspecified atom stereocenters. The quantitative estimate of drug-likeness (QED) is 0.0771.